The van der Waals surface area contributed by atoms with Gasteiger partial charge >= 0.3 is 24.2 Å². The summed E-state index contributed by atoms with van der Waals surface area (Å²) in [5.41, 5.74) is 0.836. The number of carbonyl (C=O) groups excluding carboxylic acids is 4. The number of aliphatic imine (C=N–C) groups is 1. The fourth-order valence-corrected chi connectivity index (χ4v) is 4.46. The third-order valence-corrected chi connectivity index (χ3v) is 6.39. The Balaban J connectivity index is 1.71. The number of alkyl carbamates (subject to hydrolysis) is 2. The number of nitrogens with zero attached hydrogens (tertiary/aromatic N) is 2. The number of carbonyl (C=O) groups is 4. The van der Waals surface area contributed by atoms with Gasteiger partial charge in [-0.2, -0.15) is 0 Å². The molecule has 1 aliphatic heterocycles. The van der Waals surface area contributed by atoms with E-state index >= 15 is 0 Å². The maximum absolute atomic E-state index is 12.7. The van der Waals surface area contributed by atoms with Crippen LogP contribution in [0.2, 0.25) is 0 Å². The summed E-state index contributed by atoms with van der Waals surface area (Å²) in [6.45, 7) is 6.01. The monoisotopic (exact) mass is 596 g/mol. The average Bonchev–Trinajstić information content (AvgIpc) is 2.98. The molecule has 1 fully saturated rings. The molecule has 0 aromatic heterocycles. The SMILES string of the molecule is COC(=O)C(CC1CCCN(C(=NC(=O)OCc2ccccc2)NC(=O)OCc2ccccc2)C1)NC(=O)OC(C)(C)C. The number of ether oxygens (including phenoxy) is 4. The van der Waals surface area contributed by atoms with Crippen LogP contribution in [0.3, 0.4) is 0 Å². The van der Waals surface area contributed by atoms with E-state index in [1.165, 1.54) is 7.11 Å². The van der Waals surface area contributed by atoms with Crippen LogP contribution in [0.15, 0.2) is 65.7 Å². The first-order valence-electron chi connectivity index (χ1n) is 14.1. The molecule has 1 aliphatic rings. The van der Waals surface area contributed by atoms with E-state index in [-0.39, 0.29) is 31.5 Å². The third-order valence-electron chi connectivity index (χ3n) is 6.39. The van der Waals surface area contributed by atoms with Crippen molar-refractivity contribution in [2.45, 2.75) is 64.9 Å². The Hall–Kier alpha value is -4.61. The molecule has 12 nitrogen and oxygen atoms in total. The lowest BCUT2D eigenvalue weighted by Crippen LogP contribution is -2.51. The number of amides is 3. The highest BCUT2D eigenvalue weighted by molar-refractivity contribution is 5.98. The number of methoxy groups -OCH3 is 1. The number of piperidine rings is 1. The van der Waals surface area contributed by atoms with Crippen LogP contribution >= 0.6 is 0 Å². The van der Waals surface area contributed by atoms with E-state index < -0.39 is 35.9 Å². The second kappa shape index (κ2) is 16.1. The Bertz CT molecular complexity index is 1250. The van der Waals surface area contributed by atoms with Crippen LogP contribution in [-0.2, 0) is 37.0 Å². The Morgan fingerprint density at radius 3 is 2.12 bits per heavy atom. The second-order valence-electron chi connectivity index (χ2n) is 11.1. The summed E-state index contributed by atoms with van der Waals surface area (Å²) < 4.78 is 20.9. The Morgan fingerprint density at radius 2 is 1.53 bits per heavy atom. The highest BCUT2D eigenvalue weighted by Gasteiger charge is 2.31. The topological polar surface area (TPSA) is 145 Å². The van der Waals surface area contributed by atoms with Crippen molar-refractivity contribution in [1.29, 1.82) is 0 Å². The number of guanidine groups is 1. The van der Waals surface area contributed by atoms with E-state index in [1.54, 1.807) is 25.7 Å². The first-order chi connectivity index (χ1) is 20.5. The average molecular weight is 597 g/mol. The largest absolute Gasteiger partial charge is 0.467 e. The minimum absolute atomic E-state index is 0.00861. The molecule has 12 heteroatoms. The second-order valence-corrected chi connectivity index (χ2v) is 11.1. The molecule has 1 heterocycles. The van der Waals surface area contributed by atoms with Gasteiger partial charge in [-0.05, 0) is 57.1 Å². The summed E-state index contributed by atoms with van der Waals surface area (Å²) >= 11 is 0. The van der Waals surface area contributed by atoms with E-state index in [9.17, 15) is 19.2 Å². The van der Waals surface area contributed by atoms with Gasteiger partial charge in [-0.3, -0.25) is 5.32 Å². The van der Waals surface area contributed by atoms with Gasteiger partial charge in [0.05, 0.1) is 7.11 Å². The molecular formula is C31H40N4O8. The van der Waals surface area contributed by atoms with Crippen molar-refractivity contribution < 1.29 is 38.1 Å². The quantitative estimate of drug-likeness (QED) is 0.190. The molecule has 2 aromatic carbocycles. The van der Waals surface area contributed by atoms with Crippen molar-refractivity contribution in [2.75, 3.05) is 20.2 Å². The lowest BCUT2D eigenvalue weighted by molar-refractivity contribution is -0.143. The minimum atomic E-state index is -0.954. The molecule has 3 rings (SSSR count). The van der Waals surface area contributed by atoms with E-state index in [1.807, 2.05) is 60.7 Å². The molecule has 43 heavy (non-hydrogen) atoms. The van der Waals surface area contributed by atoms with Gasteiger partial charge in [0.25, 0.3) is 0 Å². The van der Waals surface area contributed by atoms with Crippen LogP contribution in [0, 0.1) is 5.92 Å². The van der Waals surface area contributed by atoms with Gasteiger partial charge in [0, 0.05) is 13.1 Å². The molecule has 0 saturated carbocycles. The Labute approximate surface area is 251 Å². The van der Waals surface area contributed by atoms with Crippen LogP contribution in [0.5, 0.6) is 0 Å². The normalized spacial score (nSPS) is 16.0. The van der Waals surface area contributed by atoms with Gasteiger partial charge < -0.3 is 29.2 Å². The summed E-state index contributed by atoms with van der Waals surface area (Å²) in [6, 6.07) is 17.4. The first-order valence-corrected chi connectivity index (χ1v) is 14.1. The number of likely N-dealkylation sites (tertiary alicyclic amines) is 1. The van der Waals surface area contributed by atoms with Gasteiger partial charge in [-0.1, -0.05) is 60.7 Å². The van der Waals surface area contributed by atoms with Crippen molar-refractivity contribution in [3.8, 4) is 0 Å². The highest BCUT2D eigenvalue weighted by atomic mass is 16.6. The van der Waals surface area contributed by atoms with E-state index in [4.69, 9.17) is 18.9 Å². The van der Waals surface area contributed by atoms with Crippen LogP contribution in [0.1, 0.15) is 51.2 Å². The summed E-state index contributed by atoms with van der Waals surface area (Å²) in [6.07, 6.45) is -0.773. The maximum Gasteiger partial charge on any atom is 0.437 e. The number of esters is 1. The smallest absolute Gasteiger partial charge is 0.437 e. The lowest BCUT2D eigenvalue weighted by Gasteiger charge is -2.35. The van der Waals surface area contributed by atoms with Crippen molar-refractivity contribution in [3.63, 3.8) is 0 Å². The van der Waals surface area contributed by atoms with Crippen molar-refractivity contribution in [3.05, 3.63) is 71.8 Å². The number of nitrogens with one attached hydrogen (secondary N) is 2. The minimum Gasteiger partial charge on any atom is -0.467 e. The van der Waals surface area contributed by atoms with Gasteiger partial charge in [0.15, 0.2) is 0 Å². The van der Waals surface area contributed by atoms with Crippen LogP contribution < -0.4 is 10.6 Å². The first kappa shape index (κ1) is 32.9. The fraction of sp³-hybridized carbons (Fsp3) is 0.452. The Kier molecular flexibility index (Phi) is 12.3. The summed E-state index contributed by atoms with van der Waals surface area (Å²) in [5, 5.41) is 5.18. The van der Waals surface area contributed by atoms with Gasteiger partial charge in [0.2, 0.25) is 5.96 Å². The zero-order valence-corrected chi connectivity index (χ0v) is 25.0. The number of rotatable bonds is 8. The molecule has 2 unspecified atom stereocenters. The van der Waals surface area contributed by atoms with Crippen LogP contribution in [0.25, 0.3) is 0 Å². The predicted octanol–water partition coefficient (Wildman–Crippen LogP) is 4.77. The van der Waals surface area contributed by atoms with Gasteiger partial charge in [-0.15, -0.1) is 4.99 Å². The molecule has 3 amide bonds. The molecule has 0 spiro atoms. The summed E-state index contributed by atoms with van der Waals surface area (Å²) in [5.74, 6) is -0.764. The molecule has 0 bridgehead atoms. The zero-order valence-electron chi connectivity index (χ0n) is 25.0. The molecule has 1 saturated heterocycles. The number of hydrogen-bond acceptors (Lipinski definition) is 8. The maximum atomic E-state index is 12.7. The molecule has 2 atom stereocenters. The fourth-order valence-electron chi connectivity index (χ4n) is 4.46. The Morgan fingerprint density at radius 1 is 0.930 bits per heavy atom. The number of hydrogen-bond donors (Lipinski definition) is 2. The summed E-state index contributed by atoms with van der Waals surface area (Å²) in [7, 11) is 1.25. The highest BCUT2D eigenvalue weighted by Crippen LogP contribution is 2.22. The van der Waals surface area contributed by atoms with E-state index in [0.717, 1.165) is 17.5 Å². The number of benzene rings is 2. The van der Waals surface area contributed by atoms with E-state index in [2.05, 4.69) is 15.6 Å². The van der Waals surface area contributed by atoms with Crippen LogP contribution in [-0.4, -0.2) is 67.0 Å². The van der Waals surface area contributed by atoms with Gasteiger partial charge in [0.1, 0.15) is 24.9 Å². The van der Waals surface area contributed by atoms with Crippen molar-refractivity contribution >= 4 is 30.2 Å². The van der Waals surface area contributed by atoms with E-state index in [0.29, 0.717) is 19.5 Å². The standard InChI is InChI=1S/C31H40N4O8/c1-31(2,3)43-30(39)32-25(26(36)40-4)18-24-16-11-17-35(19-24)27(33-28(37)41-20-22-12-7-5-8-13-22)34-29(38)42-21-23-14-9-6-10-15-23/h5-10,12-15,24-25H,11,16-21H2,1-4H3,(H,32,39)(H,33,34,37,38). The molecule has 2 aromatic rings. The third kappa shape index (κ3) is 12.0. The van der Waals surface area contributed by atoms with Crippen molar-refractivity contribution in [1.82, 2.24) is 15.5 Å². The molecule has 0 radical (unpaired) electrons. The van der Waals surface area contributed by atoms with Crippen molar-refractivity contribution in [2.24, 2.45) is 10.9 Å². The van der Waals surface area contributed by atoms with Gasteiger partial charge in [-0.25, -0.2) is 19.2 Å². The van der Waals surface area contributed by atoms with Crippen LogP contribution in [0.4, 0.5) is 14.4 Å². The predicted molar refractivity (Wildman–Crippen MR) is 158 cm³/mol. The summed E-state index contributed by atoms with van der Waals surface area (Å²) in [4.78, 5) is 56.1. The molecular weight excluding hydrogens is 556 g/mol. The lowest BCUT2D eigenvalue weighted by atomic mass is 9.91. The molecule has 0 aliphatic carbocycles. The molecule has 232 valence electrons. The zero-order chi connectivity index (χ0) is 31.2. The molecule has 2 N–H and O–H groups in total.